The first-order chi connectivity index (χ1) is 7.45. The fraction of sp³-hybridized carbons (Fsp3) is 0.750. The zero-order valence-corrected chi connectivity index (χ0v) is 9.16. The number of anilines is 1. The van der Waals surface area contributed by atoms with Gasteiger partial charge in [0, 0.05) is 18.1 Å². The molecule has 8 heteroatoms. The molecule has 3 N–H and O–H groups in total. The van der Waals surface area contributed by atoms with E-state index >= 15 is 0 Å². The highest BCUT2D eigenvalue weighted by molar-refractivity contribution is 7.09. The Morgan fingerprint density at radius 2 is 2.12 bits per heavy atom. The van der Waals surface area contributed by atoms with Crippen molar-refractivity contribution in [2.45, 2.75) is 31.0 Å². The van der Waals surface area contributed by atoms with Crippen molar-refractivity contribution < 1.29 is 13.2 Å². The number of hydrogen-bond donors (Lipinski definition) is 2. The molecule has 0 amide bonds. The van der Waals surface area contributed by atoms with E-state index in [4.69, 9.17) is 5.73 Å². The predicted octanol–water partition coefficient (Wildman–Crippen LogP) is 1.85. The van der Waals surface area contributed by atoms with Crippen molar-refractivity contribution in [1.82, 2.24) is 9.36 Å². The maximum Gasteiger partial charge on any atom is 0.452 e. The van der Waals surface area contributed by atoms with E-state index in [1.54, 1.807) is 0 Å². The summed E-state index contributed by atoms with van der Waals surface area (Å²) in [6, 6.07) is 0. The van der Waals surface area contributed by atoms with Gasteiger partial charge in [0.25, 0.3) is 0 Å². The number of nitrogens with two attached hydrogens (primary N) is 1. The molecule has 1 aliphatic carbocycles. The highest BCUT2D eigenvalue weighted by Gasteiger charge is 2.39. The van der Waals surface area contributed by atoms with Crippen LogP contribution in [0.1, 0.15) is 25.1 Å². The average molecular weight is 252 g/mol. The first-order valence-electron chi connectivity index (χ1n) is 4.84. The third-order valence-corrected chi connectivity index (χ3v) is 3.38. The van der Waals surface area contributed by atoms with Gasteiger partial charge in [-0.3, -0.25) is 0 Å². The van der Waals surface area contributed by atoms with Crippen LogP contribution in [0.3, 0.4) is 0 Å². The molecule has 0 radical (unpaired) electrons. The predicted molar refractivity (Wildman–Crippen MR) is 54.2 cm³/mol. The summed E-state index contributed by atoms with van der Waals surface area (Å²) in [5.74, 6) is -1.09. The largest absolute Gasteiger partial charge is 0.452 e. The summed E-state index contributed by atoms with van der Waals surface area (Å²) in [5, 5.41) is 3.15. The van der Waals surface area contributed by atoms with Crippen LogP contribution >= 0.6 is 11.5 Å². The van der Waals surface area contributed by atoms with Crippen LogP contribution in [-0.2, 0) is 6.18 Å². The van der Waals surface area contributed by atoms with E-state index in [0.717, 1.165) is 30.8 Å². The van der Waals surface area contributed by atoms with Gasteiger partial charge in [-0.15, -0.1) is 0 Å². The molecular weight excluding hydrogens is 241 g/mol. The minimum atomic E-state index is -4.48. The van der Waals surface area contributed by atoms with Crippen LogP contribution in [0.4, 0.5) is 18.3 Å². The van der Waals surface area contributed by atoms with Crippen molar-refractivity contribution in [1.29, 1.82) is 0 Å². The van der Waals surface area contributed by atoms with Gasteiger partial charge in [0.1, 0.15) is 0 Å². The Balaban J connectivity index is 2.08. The first-order valence-corrected chi connectivity index (χ1v) is 5.62. The molecule has 0 saturated heterocycles. The summed E-state index contributed by atoms with van der Waals surface area (Å²) >= 11 is 0.720. The molecule has 0 atom stereocenters. The van der Waals surface area contributed by atoms with E-state index in [-0.39, 0.29) is 10.7 Å². The lowest BCUT2D eigenvalue weighted by molar-refractivity contribution is -0.144. The van der Waals surface area contributed by atoms with Crippen molar-refractivity contribution in [3.63, 3.8) is 0 Å². The van der Waals surface area contributed by atoms with Gasteiger partial charge < -0.3 is 11.1 Å². The van der Waals surface area contributed by atoms with Crippen LogP contribution in [0.15, 0.2) is 0 Å². The highest BCUT2D eigenvalue weighted by Crippen LogP contribution is 2.36. The molecule has 16 heavy (non-hydrogen) atoms. The number of nitrogens with zero attached hydrogens (tertiary/aromatic N) is 2. The average Bonchev–Trinajstić information content (AvgIpc) is 2.58. The Labute approximate surface area is 94.2 Å². The van der Waals surface area contributed by atoms with Gasteiger partial charge in [-0.25, -0.2) is 0 Å². The third-order valence-electron chi connectivity index (χ3n) is 2.75. The second-order valence-corrected chi connectivity index (χ2v) is 4.64. The van der Waals surface area contributed by atoms with E-state index in [0.29, 0.717) is 6.54 Å². The summed E-state index contributed by atoms with van der Waals surface area (Å²) in [5.41, 5.74) is 5.31. The maximum absolute atomic E-state index is 12.2. The zero-order chi connectivity index (χ0) is 11.8. The Hall–Kier alpha value is -0.890. The van der Waals surface area contributed by atoms with Gasteiger partial charge >= 0.3 is 6.18 Å². The molecule has 1 saturated carbocycles. The molecule has 0 bridgehead atoms. The molecule has 1 aromatic heterocycles. The topological polar surface area (TPSA) is 63.8 Å². The van der Waals surface area contributed by atoms with Crippen molar-refractivity contribution in [3.05, 3.63) is 5.82 Å². The van der Waals surface area contributed by atoms with Gasteiger partial charge in [-0.05, 0) is 19.3 Å². The van der Waals surface area contributed by atoms with Crippen molar-refractivity contribution in [2.24, 2.45) is 5.73 Å². The SMILES string of the molecule is NCC1(Nc2nc(C(F)(F)F)ns2)CCC1. The van der Waals surface area contributed by atoms with E-state index < -0.39 is 12.0 Å². The Kier molecular flexibility index (Phi) is 2.79. The molecule has 1 aliphatic rings. The number of halogens is 3. The van der Waals surface area contributed by atoms with E-state index in [1.807, 2.05) is 0 Å². The van der Waals surface area contributed by atoms with Crippen molar-refractivity contribution in [3.8, 4) is 0 Å². The summed E-state index contributed by atoms with van der Waals surface area (Å²) in [7, 11) is 0. The van der Waals surface area contributed by atoms with Crippen LogP contribution in [0.5, 0.6) is 0 Å². The molecular formula is C8H11F3N4S. The normalized spacial score (nSPS) is 19.2. The third kappa shape index (κ3) is 2.12. The molecule has 0 unspecified atom stereocenters. The molecule has 0 spiro atoms. The van der Waals surface area contributed by atoms with Crippen LogP contribution in [-0.4, -0.2) is 21.4 Å². The Bertz CT molecular complexity index is 366. The minimum Gasteiger partial charge on any atom is -0.354 e. The number of nitrogens with one attached hydrogen (secondary N) is 1. The Morgan fingerprint density at radius 3 is 2.50 bits per heavy atom. The number of hydrogen-bond acceptors (Lipinski definition) is 5. The lowest BCUT2D eigenvalue weighted by Gasteiger charge is -2.41. The molecule has 1 heterocycles. The molecule has 4 nitrogen and oxygen atoms in total. The fourth-order valence-corrected chi connectivity index (χ4v) is 2.31. The first kappa shape index (κ1) is 11.6. The maximum atomic E-state index is 12.2. The van der Waals surface area contributed by atoms with E-state index in [1.165, 1.54) is 0 Å². The smallest absolute Gasteiger partial charge is 0.354 e. The van der Waals surface area contributed by atoms with Gasteiger partial charge in [0.15, 0.2) is 0 Å². The highest BCUT2D eigenvalue weighted by atomic mass is 32.1. The molecule has 0 aliphatic heterocycles. The molecule has 90 valence electrons. The standard InChI is InChI=1S/C8H11F3N4S/c9-8(10,11)5-13-6(16-15-5)14-7(4-12)2-1-3-7/h1-4,12H2,(H,13,14,15). The quantitative estimate of drug-likeness (QED) is 0.861. The van der Waals surface area contributed by atoms with Crippen molar-refractivity contribution >= 4 is 16.7 Å². The lowest BCUT2D eigenvalue weighted by atomic mass is 9.77. The number of rotatable bonds is 3. The molecule has 1 fully saturated rings. The molecule has 0 aromatic carbocycles. The lowest BCUT2D eigenvalue weighted by Crippen LogP contribution is -2.51. The van der Waals surface area contributed by atoms with Crippen LogP contribution in [0.2, 0.25) is 0 Å². The van der Waals surface area contributed by atoms with Gasteiger partial charge in [0.2, 0.25) is 11.0 Å². The molecule has 2 rings (SSSR count). The fourth-order valence-electron chi connectivity index (χ4n) is 1.60. The monoisotopic (exact) mass is 252 g/mol. The van der Waals surface area contributed by atoms with Crippen molar-refractivity contribution in [2.75, 3.05) is 11.9 Å². The second kappa shape index (κ2) is 3.85. The second-order valence-electron chi connectivity index (χ2n) is 3.88. The van der Waals surface area contributed by atoms with E-state index in [2.05, 4.69) is 14.7 Å². The van der Waals surface area contributed by atoms with Crippen LogP contribution in [0, 0.1) is 0 Å². The Morgan fingerprint density at radius 1 is 1.44 bits per heavy atom. The molecule has 1 aromatic rings. The summed E-state index contributed by atoms with van der Waals surface area (Å²) < 4.78 is 40.0. The summed E-state index contributed by atoms with van der Waals surface area (Å²) in [6.07, 6.45) is -1.71. The van der Waals surface area contributed by atoms with Crippen LogP contribution < -0.4 is 11.1 Å². The number of aromatic nitrogens is 2. The van der Waals surface area contributed by atoms with Crippen LogP contribution in [0.25, 0.3) is 0 Å². The summed E-state index contributed by atoms with van der Waals surface area (Å²) in [4.78, 5) is 3.41. The van der Waals surface area contributed by atoms with Gasteiger partial charge in [-0.1, -0.05) is 0 Å². The minimum absolute atomic E-state index is 0.192. The number of alkyl halides is 3. The van der Waals surface area contributed by atoms with Gasteiger partial charge in [-0.2, -0.15) is 22.5 Å². The summed E-state index contributed by atoms with van der Waals surface area (Å²) in [6.45, 7) is 0.397. The van der Waals surface area contributed by atoms with E-state index in [9.17, 15) is 13.2 Å². The van der Waals surface area contributed by atoms with Gasteiger partial charge in [0.05, 0.1) is 5.54 Å². The zero-order valence-electron chi connectivity index (χ0n) is 8.34.